The summed E-state index contributed by atoms with van der Waals surface area (Å²) in [7, 11) is 6.32. The van der Waals surface area contributed by atoms with Gasteiger partial charge in [0.25, 0.3) is 0 Å². The lowest BCUT2D eigenvalue weighted by Gasteiger charge is -2.33. The average molecular weight is 540 g/mol. The fourth-order valence-corrected chi connectivity index (χ4v) is 4.01. The molecule has 220 valence electrons. The van der Waals surface area contributed by atoms with Crippen LogP contribution in [-0.2, 0) is 24.0 Å². The zero-order valence-electron chi connectivity index (χ0n) is 25.8. The molecule has 0 saturated heterocycles. The van der Waals surface area contributed by atoms with Crippen molar-refractivity contribution in [1.82, 2.24) is 25.3 Å². The maximum atomic E-state index is 13.3. The van der Waals surface area contributed by atoms with Crippen LogP contribution in [0.5, 0.6) is 0 Å². The van der Waals surface area contributed by atoms with E-state index in [-0.39, 0.29) is 47.9 Å². The van der Waals surface area contributed by atoms with Crippen molar-refractivity contribution in [3.05, 3.63) is 0 Å². The van der Waals surface area contributed by atoms with Gasteiger partial charge in [-0.1, -0.05) is 61.8 Å². The highest BCUT2D eigenvalue weighted by molar-refractivity contribution is 5.94. The molecule has 10 heteroatoms. The number of nitrogens with zero attached hydrogens (tertiary/aromatic N) is 3. The van der Waals surface area contributed by atoms with Crippen molar-refractivity contribution in [2.45, 2.75) is 92.8 Å². The number of likely N-dealkylation sites (N-methyl/N-ethyl adjacent to an activating group) is 3. The second kappa shape index (κ2) is 16.3. The van der Waals surface area contributed by atoms with Crippen LogP contribution in [0.3, 0.4) is 0 Å². The first kappa shape index (κ1) is 35.4. The molecule has 5 atom stereocenters. The molecule has 0 aromatic heterocycles. The Morgan fingerprint density at radius 3 is 1.71 bits per heavy atom. The number of carbonyl (C=O) groups is 5. The summed E-state index contributed by atoms with van der Waals surface area (Å²) in [6.07, 6.45) is 1.64. The van der Waals surface area contributed by atoms with E-state index in [1.165, 1.54) is 21.7 Å². The van der Waals surface area contributed by atoms with Gasteiger partial charge >= 0.3 is 0 Å². The smallest absolute Gasteiger partial charge is 0.245 e. The lowest BCUT2D eigenvalue weighted by Crippen LogP contribution is -2.57. The monoisotopic (exact) mass is 539 g/mol. The van der Waals surface area contributed by atoms with Crippen molar-refractivity contribution in [2.24, 2.45) is 23.7 Å². The van der Waals surface area contributed by atoms with Crippen molar-refractivity contribution in [3.8, 4) is 0 Å². The van der Waals surface area contributed by atoms with Gasteiger partial charge in [-0.2, -0.15) is 0 Å². The highest BCUT2D eigenvalue weighted by Gasteiger charge is 2.34. The van der Waals surface area contributed by atoms with Crippen LogP contribution in [0.25, 0.3) is 0 Å². The third-order valence-corrected chi connectivity index (χ3v) is 7.21. The van der Waals surface area contributed by atoms with Crippen LogP contribution in [0.15, 0.2) is 0 Å². The SMILES string of the molecule is CCC(C)[C@H](C)C(=O)N[C@@H](CC)C(=O)N(C)CC(=O)N(C)[C@@H](CC(C)C)C(=O)N[C@H](C(=O)N(C)C)C(C)C. The molecular formula is C28H53N5O5. The Morgan fingerprint density at radius 1 is 0.737 bits per heavy atom. The summed E-state index contributed by atoms with van der Waals surface area (Å²) in [6.45, 7) is 15.0. The van der Waals surface area contributed by atoms with Gasteiger partial charge < -0.3 is 25.3 Å². The Labute approximate surface area is 230 Å². The van der Waals surface area contributed by atoms with Crippen molar-refractivity contribution in [1.29, 1.82) is 0 Å². The Kier molecular flexibility index (Phi) is 15.2. The molecule has 0 aliphatic carbocycles. The number of carbonyl (C=O) groups excluding carboxylic acids is 5. The predicted molar refractivity (Wildman–Crippen MR) is 150 cm³/mol. The molecule has 0 heterocycles. The maximum absolute atomic E-state index is 13.3. The van der Waals surface area contributed by atoms with E-state index < -0.39 is 29.9 Å². The Morgan fingerprint density at radius 2 is 1.29 bits per heavy atom. The topological polar surface area (TPSA) is 119 Å². The quantitative estimate of drug-likeness (QED) is 0.330. The van der Waals surface area contributed by atoms with Gasteiger partial charge in [-0.15, -0.1) is 0 Å². The molecule has 0 rings (SSSR count). The van der Waals surface area contributed by atoms with Gasteiger partial charge in [0.15, 0.2) is 0 Å². The van der Waals surface area contributed by atoms with Gasteiger partial charge in [0, 0.05) is 34.1 Å². The van der Waals surface area contributed by atoms with Crippen LogP contribution < -0.4 is 10.6 Å². The van der Waals surface area contributed by atoms with Crippen molar-refractivity contribution in [2.75, 3.05) is 34.7 Å². The van der Waals surface area contributed by atoms with E-state index >= 15 is 0 Å². The summed E-state index contributed by atoms with van der Waals surface area (Å²) >= 11 is 0. The molecule has 0 saturated carbocycles. The van der Waals surface area contributed by atoms with Gasteiger partial charge in [0.2, 0.25) is 29.5 Å². The van der Waals surface area contributed by atoms with Crippen molar-refractivity contribution < 1.29 is 24.0 Å². The molecule has 2 N–H and O–H groups in total. The van der Waals surface area contributed by atoms with Crippen molar-refractivity contribution in [3.63, 3.8) is 0 Å². The van der Waals surface area contributed by atoms with Crippen LogP contribution in [0.2, 0.25) is 0 Å². The Hall–Kier alpha value is -2.65. The minimum absolute atomic E-state index is 0.106. The average Bonchev–Trinajstić information content (AvgIpc) is 2.85. The summed E-state index contributed by atoms with van der Waals surface area (Å²) in [5.41, 5.74) is 0. The molecule has 0 bridgehead atoms. The fraction of sp³-hybridized carbons (Fsp3) is 0.821. The van der Waals surface area contributed by atoms with E-state index in [9.17, 15) is 24.0 Å². The first-order chi connectivity index (χ1) is 17.5. The van der Waals surface area contributed by atoms with Gasteiger partial charge in [-0.25, -0.2) is 0 Å². The summed E-state index contributed by atoms with van der Waals surface area (Å²) < 4.78 is 0. The second-order valence-corrected chi connectivity index (χ2v) is 11.5. The maximum Gasteiger partial charge on any atom is 0.245 e. The van der Waals surface area contributed by atoms with Gasteiger partial charge in [0.1, 0.15) is 18.1 Å². The van der Waals surface area contributed by atoms with Gasteiger partial charge in [0.05, 0.1) is 6.54 Å². The van der Waals surface area contributed by atoms with Crippen LogP contribution >= 0.6 is 0 Å². The standard InChI is InChI=1S/C28H53N5O5/c1-13-19(7)20(8)25(35)29-21(14-2)27(37)32(11)16-23(34)33(12)22(15-17(3)4)26(36)30-24(18(5)6)28(38)31(9)10/h17-22,24H,13-16H2,1-12H3,(H,29,35)(H,30,36)/t19?,20-,21-,22-,24-/m0/s1. The number of amides is 5. The van der Waals surface area contributed by atoms with Crippen molar-refractivity contribution >= 4 is 29.5 Å². The molecule has 38 heavy (non-hydrogen) atoms. The number of nitrogens with one attached hydrogen (secondary N) is 2. The minimum Gasteiger partial charge on any atom is -0.347 e. The molecule has 0 aliphatic heterocycles. The van der Waals surface area contributed by atoms with Crippen LogP contribution in [0.4, 0.5) is 0 Å². The normalized spacial score (nSPS) is 15.2. The minimum atomic E-state index is -0.805. The molecule has 0 aliphatic rings. The molecule has 0 radical (unpaired) electrons. The zero-order valence-corrected chi connectivity index (χ0v) is 25.8. The molecule has 1 unspecified atom stereocenters. The van der Waals surface area contributed by atoms with E-state index in [1.807, 2.05) is 55.4 Å². The highest BCUT2D eigenvalue weighted by Crippen LogP contribution is 2.16. The first-order valence-corrected chi connectivity index (χ1v) is 13.8. The number of rotatable bonds is 15. The van der Waals surface area contributed by atoms with E-state index in [4.69, 9.17) is 0 Å². The highest BCUT2D eigenvalue weighted by atomic mass is 16.2. The fourth-order valence-electron chi connectivity index (χ4n) is 4.01. The van der Waals surface area contributed by atoms with Crippen LogP contribution in [0.1, 0.15) is 74.7 Å². The summed E-state index contributed by atoms with van der Waals surface area (Å²) in [5, 5.41) is 5.66. The third kappa shape index (κ3) is 10.6. The predicted octanol–water partition coefficient (Wildman–Crippen LogP) is 2.12. The van der Waals surface area contributed by atoms with Gasteiger partial charge in [-0.3, -0.25) is 24.0 Å². The molecule has 10 nitrogen and oxygen atoms in total. The van der Waals surface area contributed by atoms with Crippen LogP contribution in [0, 0.1) is 23.7 Å². The molecule has 0 aromatic rings. The zero-order chi connectivity index (χ0) is 29.9. The summed E-state index contributed by atoms with van der Waals surface area (Å²) in [6, 6.07) is -2.26. The van der Waals surface area contributed by atoms with Gasteiger partial charge in [-0.05, 0) is 30.6 Å². The molecule has 0 fully saturated rings. The summed E-state index contributed by atoms with van der Waals surface area (Å²) in [4.78, 5) is 68.9. The molecular weight excluding hydrogens is 486 g/mol. The first-order valence-electron chi connectivity index (χ1n) is 13.8. The number of hydrogen-bond donors (Lipinski definition) is 2. The van der Waals surface area contributed by atoms with Crippen LogP contribution in [-0.4, -0.2) is 97.1 Å². The van der Waals surface area contributed by atoms with E-state index in [1.54, 1.807) is 21.1 Å². The summed E-state index contributed by atoms with van der Waals surface area (Å²) in [5.74, 6) is -1.65. The Bertz CT molecular complexity index is 813. The number of hydrogen-bond acceptors (Lipinski definition) is 5. The third-order valence-electron chi connectivity index (χ3n) is 7.21. The lowest BCUT2D eigenvalue weighted by molar-refractivity contribution is -0.145. The Balaban J connectivity index is 5.56. The second-order valence-electron chi connectivity index (χ2n) is 11.5. The largest absolute Gasteiger partial charge is 0.347 e. The lowest BCUT2D eigenvalue weighted by atomic mass is 9.92. The van der Waals surface area contributed by atoms with E-state index in [0.29, 0.717) is 12.8 Å². The molecule has 5 amide bonds. The molecule has 0 spiro atoms. The van der Waals surface area contributed by atoms with E-state index in [0.717, 1.165) is 6.42 Å². The van der Waals surface area contributed by atoms with E-state index in [2.05, 4.69) is 10.6 Å². The molecule has 0 aromatic carbocycles.